The number of hydrogen-bond acceptors (Lipinski definition) is 6. The van der Waals surface area contributed by atoms with E-state index in [1.165, 1.54) is 51.6 Å². The van der Waals surface area contributed by atoms with Crippen molar-refractivity contribution in [1.82, 2.24) is 29.9 Å². The number of allylic oxidation sites excluding steroid dienone is 1. The van der Waals surface area contributed by atoms with Gasteiger partial charge in [0.2, 0.25) is 0 Å². The van der Waals surface area contributed by atoms with Crippen molar-refractivity contribution in [2.75, 3.05) is 0 Å². The monoisotopic (exact) mass is 767 g/mol. The lowest BCUT2D eigenvalue weighted by atomic mass is 9.64. The lowest BCUT2D eigenvalue weighted by molar-refractivity contribution is 0.237. The molecular weight excluding hydrogens is 685 g/mol. The highest BCUT2D eigenvalue weighted by atomic mass is 14.9. The molecule has 5 unspecified atom stereocenters. The van der Waals surface area contributed by atoms with Crippen molar-refractivity contribution in [3.63, 3.8) is 0 Å². The van der Waals surface area contributed by atoms with Gasteiger partial charge in [-0.15, -0.1) is 0 Å². The maximum Gasteiger partial charge on any atom is 0.131 e. The van der Waals surface area contributed by atoms with Gasteiger partial charge in [-0.1, -0.05) is 137 Å². The average molecular weight is 767 g/mol. The van der Waals surface area contributed by atoms with Crippen molar-refractivity contribution in [2.24, 2.45) is 29.6 Å². The molecule has 0 amide bonds. The average Bonchev–Trinajstić information content (AvgIpc) is 3.36. The van der Waals surface area contributed by atoms with Gasteiger partial charge < -0.3 is 0 Å². The summed E-state index contributed by atoms with van der Waals surface area (Å²) < 4.78 is 0. The quantitative estimate of drug-likeness (QED) is 0.249. The standard InChI is InChI=1S/C17H28N2.C16H26N2.C16H24N2.CH4/c1-10(2)16-18-13(6)14-8-12(5)9-17(7,11(3)4)15(14)19-16;1-9(2)15-17-12(6)13-8-11(5)16(7,10(3)4)14(13)18-15;1-10(2)15-17-12(5)13-8-7-9-16(6,11(3)4)14(13)18-15;/h10-12H,8-9H2,1-7H3;9-11H,8H2,1-7H3;7-8,10-11H,9H2,1-6H3;1H4. The largest absolute Gasteiger partial charge is 0.238 e. The molecule has 0 aromatic carbocycles. The van der Waals surface area contributed by atoms with Crippen LogP contribution in [0.3, 0.4) is 0 Å². The molecule has 6 nitrogen and oxygen atoms in total. The summed E-state index contributed by atoms with van der Waals surface area (Å²) in [5, 5.41) is 0. The van der Waals surface area contributed by atoms with Gasteiger partial charge in [0.05, 0.1) is 17.1 Å². The van der Waals surface area contributed by atoms with Gasteiger partial charge in [0.15, 0.2) is 0 Å². The van der Waals surface area contributed by atoms with Gasteiger partial charge in [-0.3, -0.25) is 0 Å². The Balaban J connectivity index is 0.000000223. The molecule has 0 saturated heterocycles. The Kier molecular flexibility index (Phi) is 15.1. The normalized spacial score (nSPS) is 25.1. The van der Waals surface area contributed by atoms with Crippen LogP contribution < -0.4 is 0 Å². The van der Waals surface area contributed by atoms with Crippen molar-refractivity contribution in [1.29, 1.82) is 0 Å². The first-order chi connectivity index (χ1) is 25.4. The topological polar surface area (TPSA) is 77.3 Å². The van der Waals surface area contributed by atoms with Crippen molar-refractivity contribution >= 4 is 6.08 Å². The number of nitrogens with zero attached hydrogens (tertiary/aromatic N) is 6. The molecule has 0 radical (unpaired) electrons. The third kappa shape index (κ3) is 9.00. The molecule has 6 heteroatoms. The molecule has 0 bridgehead atoms. The van der Waals surface area contributed by atoms with Gasteiger partial charge in [0, 0.05) is 56.6 Å². The molecule has 56 heavy (non-hydrogen) atoms. The van der Waals surface area contributed by atoms with Gasteiger partial charge in [0.1, 0.15) is 17.5 Å². The first-order valence-corrected chi connectivity index (χ1v) is 21.7. The molecule has 3 aromatic rings. The first-order valence-electron chi connectivity index (χ1n) is 21.7. The van der Waals surface area contributed by atoms with Gasteiger partial charge in [-0.2, -0.15) is 0 Å². The summed E-state index contributed by atoms with van der Waals surface area (Å²) in [4.78, 5) is 28.9. The van der Waals surface area contributed by atoms with Crippen LogP contribution >= 0.6 is 0 Å². The molecule has 3 aliphatic carbocycles. The first kappa shape index (κ1) is 47.4. The van der Waals surface area contributed by atoms with E-state index in [2.05, 4.69) is 156 Å². The SMILES string of the molecule is C.Cc1nc(C(C)C)nc2c1C=CCC2(C)C(C)C.Cc1nc(C(C)C)nc2c1CC(C)C2(C)C(C)C.Cc1nc(C(C)C)nc2c1CC(C)CC2(C)C(C)C. The molecule has 0 spiro atoms. The van der Waals surface area contributed by atoms with Crippen LogP contribution in [0.4, 0.5) is 0 Å². The molecule has 3 heterocycles. The lowest BCUT2D eigenvalue weighted by Crippen LogP contribution is -2.38. The predicted octanol–water partition coefficient (Wildman–Crippen LogP) is 13.3. The Morgan fingerprint density at radius 1 is 0.536 bits per heavy atom. The zero-order valence-corrected chi connectivity index (χ0v) is 38.8. The van der Waals surface area contributed by atoms with Crippen molar-refractivity contribution in [3.05, 3.63) is 74.4 Å². The van der Waals surface area contributed by atoms with E-state index in [0.29, 0.717) is 41.4 Å². The number of fused-ring (bicyclic) bond motifs is 3. The third-order valence-corrected chi connectivity index (χ3v) is 14.2. The summed E-state index contributed by atoms with van der Waals surface area (Å²) in [6.07, 6.45) is 9.06. The summed E-state index contributed by atoms with van der Waals surface area (Å²) in [5.74, 6) is 7.38. The second-order valence-electron chi connectivity index (χ2n) is 20.2. The lowest BCUT2D eigenvalue weighted by Gasteiger charge is -2.41. The zero-order chi connectivity index (χ0) is 41.5. The number of rotatable bonds is 6. The highest BCUT2D eigenvalue weighted by Crippen LogP contribution is 2.48. The maximum absolute atomic E-state index is 4.97. The van der Waals surface area contributed by atoms with Crippen LogP contribution in [0.5, 0.6) is 0 Å². The van der Waals surface area contributed by atoms with Crippen molar-refractivity contribution in [2.45, 2.75) is 206 Å². The second kappa shape index (κ2) is 17.9. The predicted molar refractivity (Wildman–Crippen MR) is 240 cm³/mol. The van der Waals surface area contributed by atoms with Crippen LogP contribution in [0.1, 0.15) is 224 Å². The molecule has 5 atom stereocenters. The molecule has 6 rings (SSSR count). The molecule has 0 fully saturated rings. The molecule has 0 saturated carbocycles. The molecule has 0 aliphatic heterocycles. The smallest absolute Gasteiger partial charge is 0.131 e. The minimum atomic E-state index is 0. The highest BCUT2D eigenvalue weighted by Gasteiger charge is 2.45. The van der Waals surface area contributed by atoms with E-state index < -0.39 is 0 Å². The highest BCUT2D eigenvalue weighted by molar-refractivity contribution is 5.59. The molecular formula is C50H82N6. The Labute approximate surface area is 344 Å². The second-order valence-corrected chi connectivity index (χ2v) is 20.2. The van der Waals surface area contributed by atoms with E-state index >= 15 is 0 Å². The van der Waals surface area contributed by atoms with Crippen LogP contribution in [0, 0.1) is 50.4 Å². The fraction of sp³-hybridized carbons (Fsp3) is 0.720. The van der Waals surface area contributed by atoms with Crippen LogP contribution in [0.2, 0.25) is 0 Å². The minimum Gasteiger partial charge on any atom is -0.238 e. The number of aryl methyl sites for hydroxylation is 3. The molecule has 0 N–H and O–H groups in total. The van der Waals surface area contributed by atoms with Gasteiger partial charge >= 0.3 is 0 Å². The van der Waals surface area contributed by atoms with Crippen LogP contribution in [0.25, 0.3) is 6.08 Å². The Hall–Kier alpha value is -3.02. The third-order valence-electron chi connectivity index (χ3n) is 14.2. The van der Waals surface area contributed by atoms with Crippen LogP contribution in [-0.2, 0) is 29.1 Å². The summed E-state index contributed by atoms with van der Waals surface area (Å²) in [7, 11) is 0. The van der Waals surface area contributed by atoms with E-state index in [4.69, 9.17) is 24.9 Å². The molecule has 3 aromatic heterocycles. The van der Waals surface area contributed by atoms with E-state index in [1.807, 2.05) is 0 Å². The zero-order valence-electron chi connectivity index (χ0n) is 38.8. The minimum absolute atomic E-state index is 0. The number of aromatic nitrogens is 6. The van der Waals surface area contributed by atoms with Gasteiger partial charge in [-0.25, -0.2) is 29.9 Å². The summed E-state index contributed by atoms with van der Waals surface area (Å²) >= 11 is 0. The molecule has 3 aliphatic rings. The summed E-state index contributed by atoms with van der Waals surface area (Å²) in [6.45, 7) is 45.1. The van der Waals surface area contributed by atoms with E-state index in [1.54, 1.807) is 0 Å². The van der Waals surface area contributed by atoms with E-state index in [0.717, 1.165) is 48.3 Å². The Morgan fingerprint density at radius 2 is 0.964 bits per heavy atom. The van der Waals surface area contributed by atoms with Gasteiger partial charge in [-0.05, 0) is 87.2 Å². The van der Waals surface area contributed by atoms with Crippen LogP contribution in [-0.4, -0.2) is 29.9 Å². The summed E-state index contributed by atoms with van der Waals surface area (Å²) in [6, 6.07) is 0. The van der Waals surface area contributed by atoms with Crippen molar-refractivity contribution in [3.8, 4) is 0 Å². The fourth-order valence-electron chi connectivity index (χ4n) is 9.03. The molecule has 312 valence electrons. The number of hydrogen-bond donors (Lipinski definition) is 0. The van der Waals surface area contributed by atoms with Crippen molar-refractivity contribution < 1.29 is 0 Å². The summed E-state index contributed by atoms with van der Waals surface area (Å²) in [5.41, 5.74) is 12.0. The van der Waals surface area contributed by atoms with Gasteiger partial charge in [0.25, 0.3) is 0 Å². The van der Waals surface area contributed by atoms with Crippen LogP contribution in [0.15, 0.2) is 6.08 Å². The Bertz CT molecular complexity index is 1850. The maximum atomic E-state index is 4.97. The fourth-order valence-corrected chi connectivity index (χ4v) is 9.03. The van der Waals surface area contributed by atoms with E-state index in [9.17, 15) is 0 Å². The van der Waals surface area contributed by atoms with E-state index in [-0.39, 0.29) is 23.7 Å². The Morgan fingerprint density at radius 3 is 1.41 bits per heavy atom.